The lowest BCUT2D eigenvalue weighted by Crippen LogP contribution is -2.14. The first-order valence-electron chi connectivity index (χ1n) is 21.0. The maximum absolute atomic E-state index is 2.49. The van der Waals surface area contributed by atoms with Crippen molar-refractivity contribution in [1.82, 2.24) is 0 Å². The Hall–Kier alpha value is -7.06. The van der Waals surface area contributed by atoms with Gasteiger partial charge in [0.2, 0.25) is 0 Å². The van der Waals surface area contributed by atoms with Crippen molar-refractivity contribution < 1.29 is 0 Å². The van der Waals surface area contributed by atoms with E-state index in [9.17, 15) is 0 Å². The van der Waals surface area contributed by atoms with Gasteiger partial charge in [0, 0.05) is 25.6 Å². The molecule has 0 fully saturated rings. The molecule has 0 saturated carbocycles. The van der Waals surface area contributed by atoms with Gasteiger partial charge >= 0.3 is 0 Å². The summed E-state index contributed by atoms with van der Waals surface area (Å²) in [6.07, 6.45) is 0. The average molecular weight is 779 g/mol. The molecule has 1 aromatic heterocycles. The van der Waals surface area contributed by atoms with Gasteiger partial charge < -0.3 is 0 Å². The Labute approximate surface area is 352 Å². The van der Waals surface area contributed by atoms with Crippen molar-refractivity contribution in [2.45, 2.75) is 19.3 Å². The predicted molar refractivity (Wildman–Crippen MR) is 261 cm³/mol. The first-order chi connectivity index (χ1) is 29.5. The molecular formula is C59H38S. The van der Waals surface area contributed by atoms with Crippen LogP contribution in [-0.4, -0.2) is 0 Å². The summed E-state index contributed by atoms with van der Waals surface area (Å²) in [5.41, 5.74) is 13.2. The quantitative estimate of drug-likeness (QED) is 0.157. The fraction of sp³-hybridized carbons (Fsp3) is 0.0508. The highest BCUT2D eigenvalue weighted by Gasteiger charge is 2.35. The summed E-state index contributed by atoms with van der Waals surface area (Å²) in [6.45, 7) is 4.75. The van der Waals surface area contributed by atoms with E-state index in [0.29, 0.717) is 0 Å². The number of fused-ring (bicyclic) bond motifs is 11. The van der Waals surface area contributed by atoms with Crippen LogP contribution in [0.15, 0.2) is 194 Å². The third-order valence-electron chi connectivity index (χ3n) is 13.6. The molecule has 12 aromatic rings. The topological polar surface area (TPSA) is 0 Å². The fourth-order valence-electron chi connectivity index (χ4n) is 10.6. The molecule has 1 aliphatic rings. The van der Waals surface area contributed by atoms with E-state index in [1.807, 2.05) is 11.3 Å². The van der Waals surface area contributed by atoms with Gasteiger partial charge in [0.15, 0.2) is 0 Å². The van der Waals surface area contributed by atoms with Crippen LogP contribution in [0.25, 0.3) is 119 Å². The second kappa shape index (κ2) is 12.5. The summed E-state index contributed by atoms with van der Waals surface area (Å²) >= 11 is 1.92. The molecule has 280 valence electrons. The molecule has 0 unspecified atom stereocenters. The van der Waals surface area contributed by atoms with E-state index < -0.39 is 0 Å². The zero-order valence-corrected chi connectivity index (χ0v) is 34.2. The minimum absolute atomic E-state index is 0.0140. The standard InChI is InChI=1S/C59H38S/c1-59(2)53-18-10-9-13-45(53)50-34-56-52(33-54(50)59)51-31-44-30-40(22-23-41(44)32-55(51)60-56)37-20-21-39-29-43(26-24-38(39)27-37)58-48-16-7-5-14-46(48)57(47-15-6-8-17-49(47)58)42-25-19-35-11-3-4-12-36(35)28-42/h3-34H,1-2H3. The number of benzene rings is 11. The normalized spacial score (nSPS) is 13.3. The third-order valence-corrected chi connectivity index (χ3v) is 14.7. The van der Waals surface area contributed by atoms with Gasteiger partial charge in [0.25, 0.3) is 0 Å². The summed E-state index contributed by atoms with van der Waals surface area (Å²) < 4.78 is 2.72. The molecule has 0 saturated heterocycles. The Morgan fingerprint density at radius 1 is 0.300 bits per heavy atom. The molecule has 1 heterocycles. The summed E-state index contributed by atoms with van der Waals surface area (Å²) in [7, 11) is 0. The summed E-state index contributed by atoms with van der Waals surface area (Å²) in [4.78, 5) is 0. The Morgan fingerprint density at radius 2 is 0.750 bits per heavy atom. The summed E-state index contributed by atoms with van der Waals surface area (Å²) in [5.74, 6) is 0. The van der Waals surface area contributed by atoms with Crippen molar-refractivity contribution in [2.24, 2.45) is 0 Å². The maximum atomic E-state index is 2.49. The minimum atomic E-state index is -0.0140. The third kappa shape index (κ3) is 4.90. The molecule has 0 bridgehead atoms. The van der Waals surface area contributed by atoms with E-state index >= 15 is 0 Å². The van der Waals surface area contributed by atoms with Crippen LogP contribution in [0.2, 0.25) is 0 Å². The lowest BCUT2D eigenvalue weighted by Gasteiger charge is -2.21. The highest BCUT2D eigenvalue weighted by Crippen LogP contribution is 2.52. The van der Waals surface area contributed by atoms with E-state index in [0.717, 1.165) is 0 Å². The van der Waals surface area contributed by atoms with Crippen LogP contribution in [0.5, 0.6) is 0 Å². The SMILES string of the molecule is CC1(C)c2ccccc2-c2cc3sc4cc5ccc(-c6ccc7cc(-c8c9ccccc9c(-c9ccc%10ccccc%10c9)c9ccccc89)ccc7c6)cc5cc4c3cc21. The molecule has 0 radical (unpaired) electrons. The second-order valence-electron chi connectivity index (χ2n) is 17.3. The molecule has 0 aliphatic heterocycles. The number of rotatable bonds is 3. The Balaban J connectivity index is 0.907. The Bertz CT molecular complexity index is 3750. The van der Waals surface area contributed by atoms with Crippen LogP contribution in [0.3, 0.4) is 0 Å². The molecule has 0 N–H and O–H groups in total. The van der Waals surface area contributed by atoms with Gasteiger partial charge in [-0.05, 0) is 158 Å². The monoisotopic (exact) mass is 778 g/mol. The first kappa shape index (κ1) is 33.9. The van der Waals surface area contributed by atoms with Gasteiger partial charge in [-0.2, -0.15) is 0 Å². The lowest BCUT2D eigenvalue weighted by atomic mass is 9.82. The van der Waals surface area contributed by atoms with Crippen molar-refractivity contribution in [3.63, 3.8) is 0 Å². The average Bonchev–Trinajstić information content (AvgIpc) is 3.75. The highest BCUT2D eigenvalue weighted by atomic mass is 32.1. The molecule has 0 nitrogen and oxygen atoms in total. The number of hydrogen-bond donors (Lipinski definition) is 0. The van der Waals surface area contributed by atoms with Crippen molar-refractivity contribution in [1.29, 1.82) is 0 Å². The summed E-state index contributed by atoms with van der Waals surface area (Å²) in [5, 5.41) is 15.4. The Morgan fingerprint density at radius 3 is 1.40 bits per heavy atom. The molecular weight excluding hydrogens is 741 g/mol. The summed E-state index contributed by atoms with van der Waals surface area (Å²) in [6, 6.07) is 73.1. The van der Waals surface area contributed by atoms with Gasteiger partial charge in [0.1, 0.15) is 0 Å². The van der Waals surface area contributed by atoms with Crippen LogP contribution < -0.4 is 0 Å². The van der Waals surface area contributed by atoms with Gasteiger partial charge in [-0.1, -0.05) is 159 Å². The second-order valence-corrected chi connectivity index (χ2v) is 18.3. The van der Waals surface area contributed by atoms with E-state index in [1.54, 1.807) is 0 Å². The largest absolute Gasteiger partial charge is 0.135 e. The lowest BCUT2D eigenvalue weighted by molar-refractivity contribution is 0.661. The molecule has 11 aromatic carbocycles. The first-order valence-corrected chi connectivity index (χ1v) is 21.8. The smallest absolute Gasteiger partial charge is 0.0361 e. The van der Waals surface area contributed by atoms with Crippen molar-refractivity contribution in [2.75, 3.05) is 0 Å². The van der Waals surface area contributed by atoms with E-state index in [2.05, 4.69) is 208 Å². The van der Waals surface area contributed by atoms with Gasteiger partial charge in [0.05, 0.1) is 0 Å². The number of thiophene rings is 1. The van der Waals surface area contributed by atoms with Crippen LogP contribution in [0.4, 0.5) is 0 Å². The van der Waals surface area contributed by atoms with E-state index in [1.165, 1.54) is 130 Å². The van der Waals surface area contributed by atoms with Crippen molar-refractivity contribution in [3.8, 4) is 44.5 Å². The molecule has 1 heteroatoms. The Kier molecular flexibility index (Phi) is 7.04. The molecule has 60 heavy (non-hydrogen) atoms. The van der Waals surface area contributed by atoms with Crippen LogP contribution in [0, 0.1) is 0 Å². The molecule has 0 atom stereocenters. The van der Waals surface area contributed by atoms with E-state index in [4.69, 9.17) is 0 Å². The molecule has 0 amide bonds. The van der Waals surface area contributed by atoms with Gasteiger partial charge in [-0.25, -0.2) is 0 Å². The zero-order valence-electron chi connectivity index (χ0n) is 33.4. The fourth-order valence-corrected chi connectivity index (χ4v) is 11.7. The van der Waals surface area contributed by atoms with Gasteiger partial charge in [-0.15, -0.1) is 11.3 Å². The number of hydrogen-bond acceptors (Lipinski definition) is 1. The minimum Gasteiger partial charge on any atom is -0.135 e. The molecule has 1 aliphatic carbocycles. The predicted octanol–water partition coefficient (Wildman–Crippen LogP) is 17.1. The van der Waals surface area contributed by atoms with Crippen molar-refractivity contribution in [3.05, 3.63) is 205 Å². The molecule has 0 spiro atoms. The van der Waals surface area contributed by atoms with Crippen LogP contribution >= 0.6 is 11.3 Å². The van der Waals surface area contributed by atoms with Crippen LogP contribution in [0.1, 0.15) is 25.0 Å². The van der Waals surface area contributed by atoms with Crippen molar-refractivity contribution >= 4 is 85.4 Å². The van der Waals surface area contributed by atoms with E-state index in [-0.39, 0.29) is 5.41 Å². The van der Waals surface area contributed by atoms with Crippen LogP contribution in [-0.2, 0) is 5.41 Å². The molecule has 13 rings (SSSR count). The highest BCUT2D eigenvalue weighted by molar-refractivity contribution is 7.26. The zero-order chi connectivity index (χ0) is 39.7. The maximum Gasteiger partial charge on any atom is 0.0361 e. The van der Waals surface area contributed by atoms with Gasteiger partial charge in [-0.3, -0.25) is 0 Å².